The predicted octanol–water partition coefficient (Wildman–Crippen LogP) is 3.70. The molecule has 0 spiro atoms. The van der Waals surface area contributed by atoms with Crippen LogP contribution in [0.4, 0.5) is 0 Å². The fourth-order valence-corrected chi connectivity index (χ4v) is 4.71. The number of nitrogens with one attached hydrogen (secondary N) is 1. The van der Waals surface area contributed by atoms with Gasteiger partial charge in [0.15, 0.2) is 0 Å². The maximum absolute atomic E-state index is 13.4. The molecule has 0 saturated carbocycles. The van der Waals surface area contributed by atoms with Crippen LogP contribution in [0.3, 0.4) is 0 Å². The van der Waals surface area contributed by atoms with Gasteiger partial charge >= 0.3 is 0 Å². The molecule has 0 aromatic heterocycles. The average Bonchev–Trinajstić information content (AvgIpc) is 3.08. The molecule has 34 heavy (non-hydrogen) atoms. The lowest BCUT2D eigenvalue weighted by atomic mass is 9.85. The lowest BCUT2D eigenvalue weighted by Crippen LogP contribution is -2.51. The number of hydrogen-bond donors (Lipinski definition) is 1. The summed E-state index contributed by atoms with van der Waals surface area (Å²) in [5.74, 6) is -1.50. The lowest BCUT2D eigenvalue weighted by Gasteiger charge is -2.32. The van der Waals surface area contributed by atoms with E-state index in [1.807, 2.05) is 45.1 Å². The van der Waals surface area contributed by atoms with Crippen LogP contribution < -0.4 is 5.32 Å². The number of halogens is 1. The van der Waals surface area contributed by atoms with Gasteiger partial charge in [0.25, 0.3) is 0 Å². The van der Waals surface area contributed by atoms with Crippen LogP contribution in [0.1, 0.15) is 58.4 Å². The second-order valence-electron chi connectivity index (χ2n) is 9.12. The van der Waals surface area contributed by atoms with Crippen LogP contribution in [0, 0.1) is 11.8 Å². The number of fused-ring (bicyclic) bond motifs is 1. The Balaban J connectivity index is 1.75. The number of likely N-dealkylation sites (tertiary alicyclic amines) is 1. The minimum atomic E-state index is -0.658. The molecule has 4 amide bonds. The summed E-state index contributed by atoms with van der Waals surface area (Å²) in [6.45, 7) is 6.05. The van der Waals surface area contributed by atoms with Crippen molar-refractivity contribution in [2.75, 3.05) is 6.54 Å². The Morgan fingerprint density at radius 3 is 2.18 bits per heavy atom. The van der Waals surface area contributed by atoms with Gasteiger partial charge < -0.3 is 10.2 Å². The molecule has 0 unspecified atom stereocenters. The Labute approximate surface area is 206 Å². The fourth-order valence-electron chi connectivity index (χ4n) is 4.59. The van der Waals surface area contributed by atoms with E-state index < -0.39 is 6.04 Å². The van der Waals surface area contributed by atoms with E-state index in [2.05, 4.69) is 5.32 Å². The van der Waals surface area contributed by atoms with E-state index in [0.717, 1.165) is 12.0 Å². The smallest absolute Gasteiger partial charge is 0.243 e. The molecule has 0 radical (unpaired) electrons. The van der Waals surface area contributed by atoms with E-state index in [1.165, 1.54) is 4.90 Å². The monoisotopic (exact) mass is 487 g/mol. The zero-order chi connectivity index (χ0) is 24.8. The van der Waals surface area contributed by atoms with Crippen LogP contribution >= 0.6 is 11.6 Å². The molecule has 1 fully saturated rings. The number of carbonyl (C=O) groups excluding carboxylic acids is 4. The summed E-state index contributed by atoms with van der Waals surface area (Å²) >= 11 is 6.01. The van der Waals surface area contributed by atoms with Crippen molar-refractivity contribution in [2.45, 2.75) is 71.5 Å². The van der Waals surface area contributed by atoms with Gasteiger partial charge in [-0.05, 0) is 50.3 Å². The highest BCUT2D eigenvalue weighted by Crippen LogP contribution is 2.35. The van der Waals surface area contributed by atoms with E-state index >= 15 is 0 Å². The largest absolute Gasteiger partial charge is 0.352 e. The molecule has 1 aromatic rings. The maximum Gasteiger partial charge on any atom is 0.243 e. The molecular formula is C26H34ClN3O4. The summed E-state index contributed by atoms with van der Waals surface area (Å²) in [7, 11) is 0. The highest BCUT2D eigenvalue weighted by Gasteiger charge is 2.47. The van der Waals surface area contributed by atoms with Crippen LogP contribution in [0.2, 0.25) is 5.02 Å². The molecule has 1 N–H and O–H groups in total. The van der Waals surface area contributed by atoms with Gasteiger partial charge in [-0.3, -0.25) is 24.1 Å². The molecule has 184 valence electrons. The molecule has 1 heterocycles. The molecule has 0 bridgehead atoms. The van der Waals surface area contributed by atoms with Gasteiger partial charge in [0.05, 0.1) is 11.8 Å². The number of nitrogens with zero attached hydrogens (tertiary/aromatic N) is 2. The molecule has 1 aromatic carbocycles. The van der Waals surface area contributed by atoms with Gasteiger partial charge in [-0.1, -0.05) is 49.7 Å². The van der Waals surface area contributed by atoms with Crippen molar-refractivity contribution < 1.29 is 19.2 Å². The highest BCUT2D eigenvalue weighted by molar-refractivity contribution is 6.30. The first-order chi connectivity index (χ1) is 16.3. The maximum atomic E-state index is 13.4. The third kappa shape index (κ3) is 5.87. The number of carbonyl (C=O) groups is 4. The lowest BCUT2D eigenvalue weighted by molar-refractivity contribution is -0.144. The van der Waals surface area contributed by atoms with E-state index in [9.17, 15) is 19.2 Å². The quantitative estimate of drug-likeness (QED) is 0.402. The summed E-state index contributed by atoms with van der Waals surface area (Å²) in [5, 5.41) is 3.56. The molecular weight excluding hydrogens is 454 g/mol. The summed E-state index contributed by atoms with van der Waals surface area (Å²) in [6.07, 6.45) is 6.22. The first kappa shape index (κ1) is 25.9. The Bertz CT molecular complexity index is 920. The first-order valence-corrected chi connectivity index (χ1v) is 12.5. The van der Waals surface area contributed by atoms with E-state index in [4.69, 9.17) is 11.6 Å². The van der Waals surface area contributed by atoms with Crippen molar-refractivity contribution in [3.05, 3.63) is 47.0 Å². The topological polar surface area (TPSA) is 86.8 Å². The normalized spacial score (nSPS) is 21.2. The summed E-state index contributed by atoms with van der Waals surface area (Å²) in [6, 6.07) is 6.48. The molecule has 7 nitrogen and oxygen atoms in total. The van der Waals surface area contributed by atoms with Gasteiger partial charge in [-0.25, -0.2) is 0 Å². The second-order valence-corrected chi connectivity index (χ2v) is 9.56. The molecule has 3 rings (SSSR count). The third-order valence-corrected chi connectivity index (χ3v) is 7.05. The van der Waals surface area contributed by atoms with E-state index in [1.54, 1.807) is 17.0 Å². The van der Waals surface area contributed by atoms with Crippen LogP contribution in [-0.2, 0) is 25.7 Å². The van der Waals surface area contributed by atoms with Crippen molar-refractivity contribution in [3.8, 4) is 0 Å². The molecule has 1 aliphatic carbocycles. The molecule has 8 heteroatoms. The minimum Gasteiger partial charge on any atom is -0.352 e. The van der Waals surface area contributed by atoms with E-state index in [-0.39, 0.29) is 61.0 Å². The Hall–Kier alpha value is -2.67. The molecule has 2 aliphatic rings. The van der Waals surface area contributed by atoms with Gasteiger partial charge in [-0.2, -0.15) is 0 Å². The predicted molar refractivity (Wildman–Crippen MR) is 131 cm³/mol. The van der Waals surface area contributed by atoms with Crippen molar-refractivity contribution in [1.29, 1.82) is 0 Å². The standard InChI is InChI=1S/C26H34ClN3O4/c1-4-17(3)28-24(32)22(5-2)30(16-18-10-12-19(27)13-11-18)23(31)14-15-29-25(33)20-8-6-7-9-21(20)26(29)34/h6-7,10-13,17,20-22H,4-5,8-9,14-16H2,1-3H3,(H,28,32)/t17-,20-,21+,22+/m1/s1. The molecule has 4 atom stereocenters. The third-order valence-electron chi connectivity index (χ3n) is 6.80. The minimum absolute atomic E-state index is 0.00849. The van der Waals surface area contributed by atoms with Crippen molar-refractivity contribution in [3.63, 3.8) is 0 Å². The van der Waals surface area contributed by atoms with E-state index in [0.29, 0.717) is 24.3 Å². The van der Waals surface area contributed by atoms with Crippen LogP contribution in [0.5, 0.6) is 0 Å². The molecule has 1 saturated heterocycles. The van der Waals surface area contributed by atoms with Gasteiger partial charge in [0, 0.05) is 30.6 Å². The number of allylic oxidation sites excluding steroid dienone is 2. The molecule has 1 aliphatic heterocycles. The number of amides is 4. The number of rotatable bonds is 10. The Morgan fingerprint density at radius 2 is 1.65 bits per heavy atom. The van der Waals surface area contributed by atoms with Crippen LogP contribution in [0.25, 0.3) is 0 Å². The van der Waals surface area contributed by atoms with Crippen molar-refractivity contribution >= 4 is 35.2 Å². The number of hydrogen-bond acceptors (Lipinski definition) is 4. The average molecular weight is 488 g/mol. The van der Waals surface area contributed by atoms with Crippen molar-refractivity contribution in [2.24, 2.45) is 11.8 Å². The first-order valence-electron chi connectivity index (χ1n) is 12.1. The Kier molecular flexibility index (Phi) is 8.89. The second kappa shape index (κ2) is 11.6. The van der Waals surface area contributed by atoms with Crippen LogP contribution in [0.15, 0.2) is 36.4 Å². The van der Waals surface area contributed by atoms with Crippen molar-refractivity contribution in [1.82, 2.24) is 15.1 Å². The highest BCUT2D eigenvalue weighted by atomic mass is 35.5. The summed E-state index contributed by atoms with van der Waals surface area (Å²) < 4.78 is 0. The SMILES string of the molecule is CC[C@@H](C)NC(=O)[C@H](CC)N(Cc1ccc(Cl)cc1)C(=O)CCN1C(=O)[C@H]2CC=CC[C@H]2C1=O. The zero-order valence-electron chi connectivity index (χ0n) is 20.1. The Morgan fingerprint density at radius 1 is 1.06 bits per heavy atom. The van der Waals surface area contributed by atoms with Crippen LogP contribution in [-0.4, -0.2) is 52.1 Å². The number of imide groups is 1. The van der Waals surface area contributed by atoms with Gasteiger partial charge in [0.1, 0.15) is 6.04 Å². The number of benzene rings is 1. The summed E-state index contributed by atoms with van der Waals surface area (Å²) in [4.78, 5) is 54.8. The zero-order valence-corrected chi connectivity index (χ0v) is 20.9. The summed E-state index contributed by atoms with van der Waals surface area (Å²) in [5.41, 5.74) is 0.845. The fraction of sp³-hybridized carbons (Fsp3) is 0.538. The van der Waals surface area contributed by atoms with Gasteiger partial charge in [-0.15, -0.1) is 0 Å². The van der Waals surface area contributed by atoms with Gasteiger partial charge in [0.2, 0.25) is 23.6 Å².